The second-order valence-corrected chi connectivity index (χ2v) is 8.45. The van der Waals surface area contributed by atoms with Gasteiger partial charge < -0.3 is 25.6 Å². The average Bonchev–Trinajstić information content (AvgIpc) is 3.16. The number of ether oxygens (including phenoxy) is 1. The van der Waals surface area contributed by atoms with Crippen molar-refractivity contribution in [3.05, 3.63) is 59.7 Å². The van der Waals surface area contributed by atoms with Gasteiger partial charge in [0, 0.05) is 25.3 Å². The van der Waals surface area contributed by atoms with E-state index in [0.29, 0.717) is 25.8 Å². The number of benzene rings is 2. The van der Waals surface area contributed by atoms with E-state index in [4.69, 9.17) is 14.9 Å². The zero-order valence-electron chi connectivity index (χ0n) is 19.4. The van der Waals surface area contributed by atoms with Crippen molar-refractivity contribution in [3.63, 3.8) is 0 Å². The van der Waals surface area contributed by atoms with Gasteiger partial charge in [0.25, 0.3) is 0 Å². The number of nitrogens with one attached hydrogen (secondary N) is 2. The van der Waals surface area contributed by atoms with Crippen molar-refractivity contribution in [1.29, 1.82) is 0 Å². The Morgan fingerprint density at radius 1 is 0.857 bits per heavy atom. The van der Waals surface area contributed by atoms with Crippen LogP contribution in [-0.2, 0) is 19.1 Å². The van der Waals surface area contributed by atoms with Crippen LogP contribution < -0.4 is 10.6 Å². The standard InChI is InChI=1S/C26H30N2O7/c29-23(28-22(25(32)33)13-14-24(30)31)12-2-1-7-15-27-26(34)35-16-21-19-10-5-3-8-17(19)18-9-4-6-11-20(18)21/h3-6,8-11,21-22H,1-2,7,12-16H2,(H,27,34)(H,28,29)(H,30,31)(H,32,33). The molecule has 186 valence electrons. The molecule has 4 N–H and O–H groups in total. The normalized spacial score (nSPS) is 12.8. The number of rotatable bonds is 13. The van der Waals surface area contributed by atoms with Crippen molar-refractivity contribution < 1.29 is 34.1 Å². The molecule has 0 fully saturated rings. The molecule has 0 heterocycles. The summed E-state index contributed by atoms with van der Waals surface area (Å²) in [6.07, 6.45) is 0.945. The summed E-state index contributed by atoms with van der Waals surface area (Å²) in [5, 5.41) is 22.8. The number of aliphatic carboxylic acids is 2. The maximum atomic E-state index is 12.2. The topological polar surface area (TPSA) is 142 Å². The Morgan fingerprint density at radius 2 is 1.49 bits per heavy atom. The van der Waals surface area contributed by atoms with Crippen LogP contribution in [-0.4, -0.2) is 53.3 Å². The molecule has 0 radical (unpaired) electrons. The van der Waals surface area contributed by atoms with Crippen LogP contribution >= 0.6 is 0 Å². The molecule has 2 amide bonds. The van der Waals surface area contributed by atoms with Crippen LogP contribution in [0.15, 0.2) is 48.5 Å². The second kappa shape index (κ2) is 12.5. The van der Waals surface area contributed by atoms with Gasteiger partial charge in [-0.15, -0.1) is 0 Å². The monoisotopic (exact) mass is 482 g/mol. The summed E-state index contributed by atoms with van der Waals surface area (Å²) >= 11 is 0. The SMILES string of the molecule is O=C(O)CCC(NC(=O)CCCCCNC(=O)OCC1c2ccccc2-c2ccccc21)C(=O)O. The quantitative estimate of drug-likeness (QED) is 0.320. The van der Waals surface area contributed by atoms with Crippen LogP contribution in [0.5, 0.6) is 0 Å². The molecule has 1 unspecified atom stereocenters. The van der Waals surface area contributed by atoms with Gasteiger partial charge in [0.1, 0.15) is 12.6 Å². The molecule has 1 atom stereocenters. The number of carboxylic acids is 2. The van der Waals surface area contributed by atoms with Crippen LogP contribution in [0.25, 0.3) is 11.1 Å². The molecule has 2 aromatic rings. The molecule has 9 nitrogen and oxygen atoms in total. The molecule has 3 rings (SSSR count). The number of amides is 2. The minimum atomic E-state index is -1.26. The van der Waals surface area contributed by atoms with Crippen molar-refractivity contribution in [1.82, 2.24) is 10.6 Å². The van der Waals surface area contributed by atoms with Gasteiger partial charge in [-0.1, -0.05) is 55.0 Å². The Hall–Kier alpha value is -3.88. The molecular weight excluding hydrogens is 452 g/mol. The number of unbranched alkanes of at least 4 members (excludes halogenated alkanes) is 2. The Labute approximate surface area is 203 Å². The molecule has 0 aromatic heterocycles. The largest absolute Gasteiger partial charge is 0.481 e. The van der Waals surface area contributed by atoms with Crippen molar-refractivity contribution in [3.8, 4) is 11.1 Å². The Kier molecular flexibility index (Phi) is 9.23. The van der Waals surface area contributed by atoms with E-state index < -0.39 is 30.0 Å². The summed E-state index contributed by atoms with van der Waals surface area (Å²) in [5.41, 5.74) is 4.62. The molecule has 1 aliphatic rings. The highest BCUT2D eigenvalue weighted by atomic mass is 16.5. The van der Waals surface area contributed by atoms with Gasteiger partial charge in [-0.3, -0.25) is 9.59 Å². The number of carboxylic acid groups (broad SMARTS) is 2. The van der Waals surface area contributed by atoms with Crippen LogP contribution in [0.4, 0.5) is 4.79 Å². The summed E-state index contributed by atoms with van der Waals surface area (Å²) in [5.74, 6) is -2.81. The molecule has 0 aliphatic heterocycles. The fraction of sp³-hybridized carbons (Fsp3) is 0.385. The summed E-state index contributed by atoms with van der Waals surface area (Å²) < 4.78 is 5.48. The van der Waals surface area contributed by atoms with E-state index >= 15 is 0 Å². The first-order valence-corrected chi connectivity index (χ1v) is 11.7. The molecule has 35 heavy (non-hydrogen) atoms. The van der Waals surface area contributed by atoms with Crippen molar-refractivity contribution in [2.24, 2.45) is 0 Å². The number of carbonyl (C=O) groups excluding carboxylic acids is 2. The van der Waals surface area contributed by atoms with E-state index in [-0.39, 0.29) is 31.8 Å². The third-order valence-electron chi connectivity index (χ3n) is 5.97. The van der Waals surface area contributed by atoms with Crippen LogP contribution in [0, 0.1) is 0 Å². The van der Waals surface area contributed by atoms with Crippen LogP contribution in [0.1, 0.15) is 55.6 Å². The van der Waals surface area contributed by atoms with Gasteiger partial charge in [0.2, 0.25) is 5.91 Å². The molecule has 0 saturated heterocycles. The summed E-state index contributed by atoms with van der Waals surface area (Å²) in [4.78, 5) is 45.8. The minimum Gasteiger partial charge on any atom is -0.481 e. The van der Waals surface area contributed by atoms with Gasteiger partial charge in [-0.05, 0) is 41.5 Å². The molecule has 0 spiro atoms. The number of hydrogen-bond acceptors (Lipinski definition) is 5. The van der Waals surface area contributed by atoms with Gasteiger partial charge in [0.15, 0.2) is 0 Å². The number of carbonyl (C=O) groups is 4. The van der Waals surface area contributed by atoms with E-state index in [1.54, 1.807) is 0 Å². The highest BCUT2D eigenvalue weighted by molar-refractivity contribution is 5.84. The number of alkyl carbamates (subject to hydrolysis) is 1. The maximum Gasteiger partial charge on any atom is 0.407 e. The van der Waals surface area contributed by atoms with Crippen molar-refractivity contribution in [2.75, 3.05) is 13.2 Å². The van der Waals surface area contributed by atoms with E-state index in [1.165, 1.54) is 0 Å². The van der Waals surface area contributed by atoms with E-state index in [1.807, 2.05) is 24.3 Å². The van der Waals surface area contributed by atoms with E-state index in [0.717, 1.165) is 22.3 Å². The Morgan fingerprint density at radius 3 is 2.09 bits per heavy atom. The fourth-order valence-corrected chi connectivity index (χ4v) is 4.22. The first-order chi connectivity index (χ1) is 16.9. The van der Waals surface area contributed by atoms with Gasteiger partial charge in [-0.25, -0.2) is 9.59 Å². The predicted molar refractivity (Wildman–Crippen MR) is 128 cm³/mol. The predicted octanol–water partition coefficient (Wildman–Crippen LogP) is 3.52. The molecule has 0 saturated carbocycles. The lowest BCUT2D eigenvalue weighted by molar-refractivity contribution is -0.143. The Bertz CT molecular complexity index is 1020. The summed E-state index contributed by atoms with van der Waals surface area (Å²) in [6.45, 7) is 0.640. The van der Waals surface area contributed by atoms with Crippen molar-refractivity contribution in [2.45, 2.75) is 50.5 Å². The van der Waals surface area contributed by atoms with Gasteiger partial charge in [-0.2, -0.15) is 0 Å². The minimum absolute atomic E-state index is 0.00297. The van der Waals surface area contributed by atoms with Crippen LogP contribution in [0.2, 0.25) is 0 Å². The lowest BCUT2D eigenvalue weighted by atomic mass is 9.98. The van der Waals surface area contributed by atoms with Gasteiger partial charge in [0.05, 0.1) is 0 Å². The van der Waals surface area contributed by atoms with Gasteiger partial charge >= 0.3 is 18.0 Å². The van der Waals surface area contributed by atoms with Crippen LogP contribution in [0.3, 0.4) is 0 Å². The summed E-state index contributed by atoms with van der Waals surface area (Å²) in [6, 6.07) is 15.0. The molecule has 1 aliphatic carbocycles. The lowest BCUT2D eigenvalue weighted by Gasteiger charge is -2.14. The second-order valence-electron chi connectivity index (χ2n) is 8.45. The first kappa shape index (κ1) is 25.7. The highest BCUT2D eigenvalue weighted by Gasteiger charge is 2.29. The Balaban J connectivity index is 1.32. The summed E-state index contributed by atoms with van der Waals surface area (Å²) in [7, 11) is 0. The smallest absolute Gasteiger partial charge is 0.407 e. The third kappa shape index (κ3) is 7.30. The zero-order valence-corrected chi connectivity index (χ0v) is 19.4. The number of hydrogen-bond donors (Lipinski definition) is 4. The zero-order chi connectivity index (χ0) is 25.2. The highest BCUT2D eigenvalue weighted by Crippen LogP contribution is 2.44. The molecule has 9 heteroatoms. The third-order valence-corrected chi connectivity index (χ3v) is 5.97. The van der Waals surface area contributed by atoms with Crippen molar-refractivity contribution >= 4 is 23.9 Å². The fourth-order valence-electron chi connectivity index (χ4n) is 4.22. The molecular formula is C26H30N2O7. The average molecular weight is 483 g/mol. The van der Waals surface area contributed by atoms with E-state index in [9.17, 15) is 19.2 Å². The number of fused-ring (bicyclic) bond motifs is 3. The van der Waals surface area contributed by atoms with E-state index in [2.05, 4.69) is 34.9 Å². The first-order valence-electron chi connectivity index (χ1n) is 11.7. The maximum absolute atomic E-state index is 12.2. The molecule has 0 bridgehead atoms. The lowest BCUT2D eigenvalue weighted by Crippen LogP contribution is -2.41. The molecule has 2 aromatic carbocycles.